The van der Waals surface area contributed by atoms with Gasteiger partial charge in [0.2, 0.25) is 5.91 Å². The van der Waals surface area contributed by atoms with Crippen molar-refractivity contribution in [3.05, 3.63) is 39.4 Å². The molecule has 0 spiro atoms. The number of benzene rings is 1. The minimum atomic E-state index is -0.478. The number of nitro groups is 1. The predicted octanol–water partition coefficient (Wildman–Crippen LogP) is 2.16. The molecule has 0 saturated carbocycles. The molecule has 1 amide bonds. The highest BCUT2D eigenvalue weighted by Crippen LogP contribution is 2.33. The van der Waals surface area contributed by atoms with Gasteiger partial charge < -0.3 is 19.5 Å². The average Bonchev–Trinajstić information content (AvgIpc) is 3.12. The maximum Gasteiger partial charge on any atom is 0.270 e. The summed E-state index contributed by atoms with van der Waals surface area (Å²) >= 11 is 0. The molecular weight excluding hydrogens is 328 g/mol. The number of carbonyl (C=O) groups is 1. The summed E-state index contributed by atoms with van der Waals surface area (Å²) in [5.41, 5.74) is 1.02. The molecule has 25 heavy (non-hydrogen) atoms. The van der Waals surface area contributed by atoms with E-state index >= 15 is 0 Å². The highest BCUT2D eigenvalue weighted by Gasteiger charge is 2.20. The summed E-state index contributed by atoms with van der Waals surface area (Å²) in [4.78, 5) is 22.5. The maximum atomic E-state index is 11.9. The first-order chi connectivity index (χ1) is 12.1. The van der Waals surface area contributed by atoms with Crippen molar-refractivity contribution >= 4 is 17.7 Å². The fraction of sp³-hybridized carbons (Fsp3) is 0.471. The molecule has 2 aliphatic heterocycles. The van der Waals surface area contributed by atoms with Crippen molar-refractivity contribution in [2.45, 2.75) is 32.0 Å². The average molecular weight is 348 g/mol. The number of fused-ring (bicyclic) bond motifs is 1. The Morgan fingerprint density at radius 3 is 3.08 bits per heavy atom. The van der Waals surface area contributed by atoms with Crippen LogP contribution in [-0.4, -0.2) is 36.9 Å². The smallest absolute Gasteiger partial charge is 0.270 e. The Hall–Kier alpha value is -2.45. The van der Waals surface area contributed by atoms with E-state index in [1.807, 2.05) is 0 Å². The van der Waals surface area contributed by atoms with Crippen LogP contribution in [0.25, 0.3) is 6.08 Å². The second kappa shape index (κ2) is 8.09. The van der Waals surface area contributed by atoms with Gasteiger partial charge in [0.25, 0.3) is 5.69 Å². The first-order valence-electron chi connectivity index (χ1n) is 8.23. The van der Waals surface area contributed by atoms with E-state index in [0.29, 0.717) is 23.4 Å². The summed E-state index contributed by atoms with van der Waals surface area (Å²) in [5, 5.41) is 13.8. The minimum Gasteiger partial charge on any atom is -0.467 e. The number of hydrogen-bond donors (Lipinski definition) is 1. The minimum absolute atomic E-state index is 0.0636. The molecule has 1 saturated heterocycles. The Morgan fingerprint density at radius 2 is 2.32 bits per heavy atom. The number of nitro benzene ring substituents is 1. The van der Waals surface area contributed by atoms with E-state index in [1.165, 1.54) is 24.3 Å². The van der Waals surface area contributed by atoms with Gasteiger partial charge in [0.15, 0.2) is 6.79 Å². The Kier molecular flexibility index (Phi) is 5.62. The van der Waals surface area contributed by atoms with E-state index in [1.54, 1.807) is 0 Å². The zero-order valence-corrected chi connectivity index (χ0v) is 13.7. The second-order valence-corrected chi connectivity index (χ2v) is 5.94. The molecule has 1 aromatic carbocycles. The van der Waals surface area contributed by atoms with Crippen LogP contribution in [-0.2, 0) is 20.9 Å². The van der Waals surface area contributed by atoms with E-state index in [4.69, 9.17) is 14.2 Å². The Bertz CT molecular complexity index is 682. The molecule has 1 fully saturated rings. The number of rotatable bonds is 6. The summed E-state index contributed by atoms with van der Waals surface area (Å²) in [5.74, 6) is 0.255. The number of carbonyl (C=O) groups excluding carboxylic acids is 1. The first-order valence-corrected chi connectivity index (χ1v) is 8.23. The molecule has 1 atom stereocenters. The summed E-state index contributed by atoms with van der Waals surface area (Å²) in [6.07, 6.45) is 5.99. The predicted molar refractivity (Wildman–Crippen MR) is 89.0 cm³/mol. The molecule has 1 aromatic rings. The monoisotopic (exact) mass is 348 g/mol. The summed E-state index contributed by atoms with van der Waals surface area (Å²) in [6.45, 7) is 1.65. The molecule has 0 aliphatic carbocycles. The molecular formula is C17H20N2O6. The maximum absolute atomic E-state index is 11.9. The van der Waals surface area contributed by atoms with Gasteiger partial charge in [-0.3, -0.25) is 14.9 Å². The van der Waals surface area contributed by atoms with Gasteiger partial charge in [-0.15, -0.1) is 0 Å². The van der Waals surface area contributed by atoms with Gasteiger partial charge in [0.05, 0.1) is 17.6 Å². The Morgan fingerprint density at radius 1 is 1.44 bits per heavy atom. The van der Waals surface area contributed by atoms with E-state index < -0.39 is 4.92 Å². The number of amides is 1. The van der Waals surface area contributed by atoms with Gasteiger partial charge in [-0.2, -0.15) is 0 Å². The molecule has 2 aliphatic rings. The van der Waals surface area contributed by atoms with Gasteiger partial charge >= 0.3 is 0 Å². The molecule has 0 bridgehead atoms. The standard InChI is InChI=1S/C17H20N2O6/c20-16(18-6-5-15-2-1-7-24-15)4-3-12-8-14(19(21)22)9-13-10-23-11-25-17(12)13/h3-4,8-9,15H,1-2,5-7,10-11H2,(H,18,20)/b4-3-/t15-/m0/s1. The molecule has 8 nitrogen and oxygen atoms in total. The van der Waals surface area contributed by atoms with Crippen LogP contribution in [0.5, 0.6) is 5.75 Å². The number of hydrogen-bond acceptors (Lipinski definition) is 6. The lowest BCUT2D eigenvalue weighted by Crippen LogP contribution is -2.25. The fourth-order valence-corrected chi connectivity index (χ4v) is 2.91. The Balaban J connectivity index is 1.64. The normalized spacial score (nSPS) is 19.4. The van der Waals surface area contributed by atoms with Crippen LogP contribution in [0.4, 0.5) is 5.69 Å². The third-order valence-electron chi connectivity index (χ3n) is 4.14. The lowest BCUT2D eigenvalue weighted by molar-refractivity contribution is -0.385. The third kappa shape index (κ3) is 4.55. The first kappa shape index (κ1) is 17.4. The topological polar surface area (TPSA) is 99.9 Å². The summed E-state index contributed by atoms with van der Waals surface area (Å²) in [6, 6.07) is 2.81. The lowest BCUT2D eigenvalue weighted by Gasteiger charge is -2.19. The largest absolute Gasteiger partial charge is 0.467 e. The molecule has 1 N–H and O–H groups in total. The van der Waals surface area contributed by atoms with Crippen molar-refractivity contribution in [1.29, 1.82) is 0 Å². The second-order valence-electron chi connectivity index (χ2n) is 5.94. The van der Waals surface area contributed by atoms with Crippen LogP contribution in [0.3, 0.4) is 0 Å². The van der Waals surface area contributed by atoms with E-state index in [2.05, 4.69) is 5.32 Å². The molecule has 134 valence electrons. The zero-order valence-electron chi connectivity index (χ0n) is 13.7. The summed E-state index contributed by atoms with van der Waals surface area (Å²) in [7, 11) is 0. The van der Waals surface area contributed by atoms with Crippen LogP contribution in [0.1, 0.15) is 30.4 Å². The zero-order chi connectivity index (χ0) is 17.6. The van der Waals surface area contributed by atoms with E-state index in [0.717, 1.165) is 25.9 Å². The molecule has 0 aromatic heterocycles. The van der Waals surface area contributed by atoms with Crippen LogP contribution in [0.2, 0.25) is 0 Å². The fourth-order valence-electron chi connectivity index (χ4n) is 2.91. The highest BCUT2D eigenvalue weighted by molar-refractivity contribution is 5.92. The number of ether oxygens (including phenoxy) is 3. The van der Waals surface area contributed by atoms with E-state index in [-0.39, 0.29) is 31.1 Å². The van der Waals surface area contributed by atoms with Crippen molar-refractivity contribution in [1.82, 2.24) is 5.32 Å². The number of nitrogens with one attached hydrogen (secondary N) is 1. The van der Waals surface area contributed by atoms with Crippen molar-refractivity contribution in [2.75, 3.05) is 19.9 Å². The molecule has 0 radical (unpaired) electrons. The van der Waals surface area contributed by atoms with Gasteiger partial charge in [-0.25, -0.2) is 0 Å². The van der Waals surface area contributed by atoms with Crippen LogP contribution in [0, 0.1) is 10.1 Å². The van der Waals surface area contributed by atoms with Gasteiger partial charge in [0, 0.05) is 42.5 Å². The molecule has 3 rings (SSSR count). The number of non-ortho nitro benzene ring substituents is 1. The highest BCUT2D eigenvalue weighted by atomic mass is 16.7. The van der Waals surface area contributed by atoms with Crippen molar-refractivity contribution < 1.29 is 23.9 Å². The lowest BCUT2D eigenvalue weighted by atomic mass is 10.1. The molecule has 8 heteroatoms. The SMILES string of the molecule is O=C(/C=C\c1cc([N+](=O)[O-])cc2c1OCOC2)NCC[C@@H]1CCCO1. The van der Waals surface area contributed by atoms with Crippen LogP contribution < -0.4 is 10.1 Å². The molecule has 0 unspecified atom stereocenters. The quantitative estimate of drug-likeness (QED) is 0.480. The summed E-state index contributed by atoms with van der Waals surface area (Å²) < 4.78 is 16.1. The third-order valence-corrected chi connectivity index (χ3v) is 4.14. The van der Waals surface area contributed by atoms with Gasteiger partial charge in [-0.05, 0) is 25.3 Å². The Labute approximate surface area is 144 Å². The molecule has 2 heterocycles. The van der Waals surface area contributed by atoms with Crippen LogP contribution in [0.15, 0.2) is 18.2 Å². The van der Waals surface area contributed by atoms with Gasteiger partial charge in [-0.1, -0.05) is 0 Å². The van der Waals surface area contributed by atoms with Crippen molar-refractivity contribution in [3.8, 4) is 5.75 Å². The van der Waals surface area contributed by atoms with Crippen LogP contribution >= 0.6 is 0 Å². The van der Waals surface area contributed by atoms with Gasteiger partial charge in [0.1, 0.15) is 5.75 Å². The van der Waals surface area contributed by atoms with Crippen molar-refractivity contribution in [3.63, 3.8) is 0 Å². The van der Waals surface area contributed by atoms with E-state index in [9.17, 15) is 14.9 Å². The van der Waals surface area contributed by atoms with Crippen molar-refractivity contribution in [2.24, 2.45) is 0 Å². The number of nitrogens with zero attached hydrogens (tertiary/aromatic N) is 1.